The minimum Gasteiger partial charge on any atom is -0.497 e. The number of rotatable bonds is 4. The number of hydrogen-bond donors (Lipinski definition) is 1. The number of hydrogen-bond acceptors (Lipinski definition) is 2. The highest BCUT2D eigenvalue weighted by Gasteiger charge is 2.06. The summed E-state index contributed by atoms with van der Waals surface area (Å²) in [5.41, 5.74) is 1.93. The molecule has 1 heterocycles. The van der Waals surface area contributed by atoms with Crippen molar-refractivity contribution in [1.82, 2.24) is 0 Å². The zero-order valence-electron chi connectivity index (χ0n) is 11.5. The summed E-state index contributed by atoms with van der Waals surface area (Å²) in [5.74, 6) is 1.29. The number of nitrogens with one attached hydrogen (secondary N) is 2. The summed E-state index contributed by atoms with van der Waals surface area (Å²) in [4.78, 5) is 14.8. The maximum atomic E-state index is 11.8. The topological polar surface area (TPSA) is 52.5 Å². The first kappa shape index (κ1) is 13.8. The molecule has 4 nitrogen and oxygen atoms in total. The average Bonchev–Trinajstić information content (AvgIpc) is 2.46. The maximum Gasteiger partial charge on any atom is 0.331 e. The predicted molar refractivity (Wildman–Crippen MR) is 78.4 cm³/mol. The molecule has 0 radical (unpaired) electrons. The molecular formula is C16H17N2O2+. The molecule has 2 N–H and O–H groups in total. The van der Waals surface area contributed by atoms with Crippen LogP contribution in [0.3, 0.4) is 0 Å². The molecular weight excluding hydrogens is 252 g/mol. The van der Waals surface area contributed by atoms with E-state index in [1.807, 2.05) is 49.4 Å². The van der Waals surface area contributed by atoms with Crippen LogP contribution in [0.4, 0.5) is 5.82 Å². The van der Waals surface area contributed by atoms with Gasteiger partial charge in [0.1, 0.15) is 5.75 Å². The SMILES string of the molecule is COc1ccc(C=CC(=O)Nc2cccc(C)[nH+]2)cc1. The van der Waals surface area contributed by atoms with Crippen LogP contribution in [0.1, 0.15) is 11.3 Å². The Labute approximate surface area is 118 Å². The van der Waals surface area contributed by atoms with E-state index in [1.165, 1.54) is 6.08 Å². The lowest BCUT2D eigenvalue weighted by molar-refractivity contribution is -0.370. The summed E-state index contributed by atoms with van der Waals surface area (Å²) in [6.07, 6.45) is 3.25. The number of anilines is 1. The van der Waals surface area contributed by atoms with Crippen molar-refractivity contribution in [3.05, 3.63) is 59.8 Å². The maximum absolute atomic E-state index is 11.8. The van der Waals surface area contributed by atoms with E-state index in [1.54, 1.807) is 13.2 Å². The van der Waals surface area contributed by atoms with Crippen molar-refractivity contribution in [3.63, 3.8) is 0 Å². The van der Waals surface area contributed by atoms with Crippen molar-refractivity contribution in [2.24, 2.45) is 0 Å². The number of ether oxygens (including phenoxy) is 1. The molecule has 0 fully saturated rings. The van der Waals surface area contributed by atoms with Crippen LogP contribution in [0.5, 0.6) is 5.75 Å². The van der Waals surface area contributed by atoms with Crippen molar-refractivity contribution in [1.29, 1.82) is 0 Å². The smallest absolute Gasteiger partial charge is 0.331 e. The summed E-state index contributed by atoms with van der Waals surface area (Å²) in [6, 6.07) is 13.1. The van der Waals surface area contributed by atoms with E-state index in [2.05, 4.69) is 10.3 Å². The number of methoxy groups -OCH3 is 1. The molecule has 0 bridgehead atoms. The van der Waals surface area contributed by atoms with Gasteiger partial charge in [0.05, 0.1) is 12.8 Å². The molecule has 0 aliphatic rings. The molecule has 0 unspecified atom stereocenters. The van der Waals surface area contributed by atoms with Gasteiger partial charge in [-0.2, -0.15) is 0 Å². The average molecular weight is 269 g/mol. The van der Waals surface area contributed by atoms with Gasteiger partial charge in [-0.05, 0) is 36.8 Å². The number of aromatic nitrogens is 1. The first-order chi connectivity index (χ1) is 9.67. The molecule has 4 heteroatoms. The fraction of sp³-hybridized carbons (Fsp3) is 0.125. The largest absolute Gasteiger partial charge is 0.497 e. The molecule has 0 aliphatic heterocycles. The summed E-state index contributed by atoms with van der Waals surface area (Å²) >= 11 is 0. The van der Waals surface area contributed by atoms with Gasteiger partial charge < -0.3 is 4.74 Å². The predicted octanol–water partition coefficient (Wildman–Crippen LogP) is 2.47. The fourth-order valence-corrected chi connectivity index (χ4v) is 1.72. The second kappa shape index (κ2) is 6.52. The van der Waals surface area contributed by atoms with Crippen LogP contribution in [0.25, 0.3) is 6.08 Å². The summed E-state index contributed by atoms with van der Waals surface area (Å²) in [7, 11) is 1.62. The van der Waals surface area contributed by atoms with Gasteiger partial charge in [0.25, 0.3) is 5.82 Å². The van der Waals surface area contributed by atoms with E-state index < -0.39 is 0 Å². The molecule has 1 amide bonds. The molecule has 0 atom stereocenters. The quantitative estimate of drug-likeness (QED) is 0.867. The number of aryl methyl sites for hydroxylation is 1. The van der Waals surface area contributed by atoms with Crippen molar-refractivity contribution in [2.75, 3.05) is 12.4 Å². The van der Waals surface area contributed by atoms with Gasteiger partial charge in [0.2, 0.25) is 0 Å². The third-order valence-electron chi connectivity index (χ3n) is 2.74. The standard InChI is InChI=1S/C16H16N2O2/c1-12-4-3-5-15(17-12)18-16(19)11-8-13-6-9-14(20-2)10-7-13/h3-11H,1-2H3,(H,17,18,19)/p+1. The number of carbonyl (C=O) groups excluding carboxylic acids is 1. The number of carbonyl (C=O) groups is 1. The van der Waals surface area contributed by atoms with Gasteiger partial charge in [0.15, 0.2) is 0 Å². The number of benzene rings is 1. The third-order valence-corrected chi connectivity index (χ3v) is 2.74. The lowest BCUT2D eigenvalue weighted by Crippen LogP contribution is -2.19. The Morgan fingerprint density at radius 3 is 2.60 bits per heavy atom. The van der Waals surface area contributed by atoms with Gasteiger partial charge in [-0.25, -0.2) is 15.1 Å². The van der Waals surface area contributed by atoms with E-state index >= 15 is 0 Å². The zero-order chi connectivity index (χ0) is 14.4. The van der Waals surface area contributed by atoms with E-state index in [4.69, 9.17) is 4.74 Å². The van der Waals surface area contributed by atoms with Gasteiger partial charge in [-0.3, -0.25) is 0 Å². The highest BCUT2D eigenvalue weighted by atomic mass is 16.5. The Balaban J connectivity index is 1.98. The van der Waals surface area contributed by atoms with E-state index in [-0.39, 0.29) is 5.91 Å². The Morgan fingerprint density at radius 1 is 1.20 bits per heavy atom. The van der Waals surface area contributed by atoms with Crippen molar-refractivity contribution in [3.8, 4) is 5.75 Å². The van der Waals surface area contributed by atoms with Gasteiger partial charge >= 0.3 is 5.91 Å². The molecule has 0 spiro atoms. The monoisotopic (exact) mass is 269 g/mol. The fourth-order valence-electron chi connectivity index (χ4n) is 1.72. The van der Waals surface area contributed by atoms with Crippen LogP contribution >= 0.6 is 0 Å². The lowest BCUT2D eigenvalue weighted by Gasteiger charge is -1.98. The Kier molecular flexibility index (Phi) is 4.50. The van der Waals surface area contributed by atoms with Gasteiger partial charge in [-0.15, -0.1) is 0 Å². The minimum atomic E-state index is -0.178. The Morgan fingerprint density at radius 2 is 1.95 bits per heavy atom. The molecule has 1 aromatic heterocycles. The highest BCUT2D eigenvalue weighted by Crippen LogP contribution is 2.12. The molecule has 1 aromatic carbocycles. The van der Waals surface area contributed by atoms with Crippen molar-refractivity contribution < 1.29 is 14.5 Å². The molecule has 20 heavy (non-hydrogen) atoms. The lowest BCUT2D eigenvalue weighted by atomic mass is 10.2. The van der Waals surface area contributed by atoms with Gasteiger partial charge in [0, 0.05) is 12.1 Å². The molecule has 0 aliphatic carbocycles. The summed E-state index contributed by atoms with van der Waals surface area (Å²) in [6.45, 7) is 1.93. The molecule has 0 saturated heterocycles. The van der Waals surface area contributed by atoms with E-state index in [9.17, 15) is 4.79 Å². The van der Waals surface area contributed by atoms with Gasteiger partial charge in [-0.1, -0.05) is 18.2 Å². The molecule has 2 rings (SSSR count). The third kappa shape index (κ3) is 3.95. The zero-order valence-corrected chi connectivity index (χ0v) is 11.5. The Bertz CT molecular complexity index is 619. The van der Waals surface area contributed by atoms with Crippen LogP contribution in [-0.4, -0.2) is 13.0 Å². The second-order valence-electron chi connectivity index (χ2n) is 4.34. The van der Waals surface area contributed by atoms with E-state index in [0.717, 1.165) is 17.0 Å². The van der Waals surface area contributed by atoms with Crippen LogP contribution < -0.4 is 15.0 Å². The Hall–Kier alpha value is -2.62. The molecule has 2 aromatic rings. The number of pyridine rings is 1. The number of amides is 1. The normalized spacial score (nSPS) is 10.5. The second-order valence-corrected chi connectivity index (χ2v) is 4.34. The van der Waals surface area contributed by atoms with Crippen molar-refractivity contribution >= 4 is 17.8 Å². The van der Waals surface area contributed by atoms with E-state index in [0.29, 0.717) is 5.82 Å². The molecule has 102 valence electrons. The number of aromatic amines is 1. The summed E-state index contributed by atoms with van der Waals surface area (Å²) < 4.78 is 5.08. The summed E-state index contributed by atoms with van der Waals surface area (Å²) in [5, 5.41) is 2.77. The molecule has 0 saturated carbocycles. The van der Waals surface area contributed by atoms with Crippen LogP contribution in [0.15, 0.2) is 48.5 Å². The first-order valence-corrected chi connectivity index (χ1v) is 6.29. The van der Waals surface area contributed by atoms with Crippen LogP contribution in [0, 0.1) is 6.92 Å². The van der Waals surface area contributed by atoms with Crippen LogP contribution in [0.2, 0.25) is 0 Å². The minimum absolute atomic E-state index is 0.178. The first-order valence-electron chi connectivity index (χ1n) is 6.29. The van der Waals surface area contributed by atoms with Crippen molar-refractivity contribution in [2.45, 2.75) is 6.92 Å². The number of H-pyrrole nitrogens is 1. The van der Waals surface area contributed by atoms with Crippen LogP contribution in [-0.2, 0) is 4.79 Å². The highest BCUT2D eigenvalue weighted by molar-refractivity contribution is 6.00.